The molecule has 6 nitrogen and oxygen atoms in total. The third kappa shape index (κ3) is 4.19. The van der Waals surface area contributed by atoms with Gasteiger partial charge in [-0.05, 0) is 18.2 Å². The molecule has 10 heteroatoms. The number of hydrogen-bond acceptors (Lipinski definition) is 5. The first kappa shape index (κ1) is 21.5. The first-order valence-corrected chi connectivity index (χ1v) is 12.6. The normalized spacial score (nSPS) is 23.6. The number of benzene rings is 2. The Hall–Kier alpha value is -1.74. The van der Waals surface area contributed by atoms with Crippen LogP contribution in [-0.2, 0) is 21.1 Å². The number of nitrogens with zero attached hydrogens (tertiary/aromatic N) is 2. The van der Waals surface area contributed by atoms with Crippen molar-refractivity contribution in [3.63, 3.8) is 0 Å². The summed E-state index contributed by atoms with van der Waals surface area (Å²) in [6.07, 6.45) is 0.0683. The van der Waals surface area contributed by atoms with Crippen molar-refractivity contribution in [1.29, 1.82) is 0 Å². The Morgan fingerprint density at radius 3 is 2.73 bits per heavy atom. The molecule has 0 aromatic heterocycles. The molecule has 2 aromatic rings. The zero-order valence-electron chi connectivity index (χ0n) is 15.9. The van der Waals surface area contributed by atoms with Crippen LogP contribution >= 0.6 is 35.0 Å². The number of carbonyl (C=O) groups excluding carboxylic acids is 1. The minimum absolute atomic E-state index is 0.0206. The lowest BCUT2D eigenvalue weighted by atomic mass is 10.1. The number of amidine groups is 1. The highest BCUT2D eigenvalue weighted by Gasteiger charge is 2.49. The predicted octanol–water partition coefficient (Wildman–Crippen LogP) is 3.85. The molecule has 2 saturated heterocycles. The molecule has 2 heterocycles. The monoisotopic (exact) mass is 484 g/mol. The number of ether oxygens (including phenoxy) is 1. The van der Waals surface area contributed by atoms with Gasteiger partial charge in [0.1, 0.15) is 5.75 Å². The summed E-state index contributed by atoms with van der Waals surface area (Å²) in [7, 11) is -1.63. The number of halogens is 2. The van der Waals surface area contributed by atoms with Crippen molar-refractivity contribution in [3.05, 3.63) is 58.1 Å². The predicted molar refractivity (Wildman–Crippen MR) is 122 cm³/mol. The van der Waals surface area contributed by atoms with Gasteiger partial charge in [0.25, 0.3) is 5.91 Å². The van der Waals surface area contributed by atoms with Gasteiger partial charge in [0.15, 0.2) is 15.0 Å². The van der Waals surface area contributed by atoms with Gasteiger partial charge in [-0.15, -0.1) is 0 Å². The van der Waals surface area contributed by atoms with Gasteiger partial charge < -0.3 is 9.64 Å². The molecule has 30 heavy (non-hydrogen) atoms. The van der Waals surface area contributed by atoms with Crippen molar-refractivity contribution < 1.29 is 17.9 Å². The number of hydrogen-bond donors (Lipinski definition) is 0. The molecule has 2 fully saturated rings. The number of aliphatic imine (C=N–C) groups is 1. The van der Waals surface area contributed by atoms with Crippen LogP contribution in [-0.4, -0.2) is 49.4 Å². The molecule has 0 spiro atoms. The third-order valence-corrected chi connectivity index (χ3v) is 9.03. The van der Waals surface area contributed by atoms with Gasteiger partial charge in [-0.2, -0.15) is 4.99 Å². The van der Waals surface area contributed by atoms with Crippen LogP contribution in [0.1, 0.15) is 5.56 Å². The summed E-state index contributed by atoms with van der Waals surface area (Å²) >= 11 is 13.9. The summed E-state index contributed by atoms with van der Waals surface area (Å²) in [5, 5.41) is 0.865. The Morgan fingerprint density at radius 2 is 1.97 bits per heavy atom. The van der Waals surface area contributed by atoms with E-state index < -0.39 is 9.84 Å². The van der Waals surface area contributed by atoms with Crippen LogP contribution in [0.15, 0.2) is 47.5 Å². The van der Waals surface area contributed by atoms with Crippen molar-refractivity contribution in [2.45, 2.75) is 17.7 Å². The van der Waals surface area contributed by atoms with Crippen LogP contribution in [0.2, 0.25) is 10.0 Å². The van der Waals surface area contributed by atoms with Crippen LogP contribution < -0.4 is 9.64 Å². The van der Waals surface area contributed by atoms with E-state index >= 15 is 0 Å². The van der Waals surface area contributed by atoms with Crippen LogP contribution in [0, 0.1) is 0 Å². The molecule has 0 bridgehead atoms. The summed E-state index contributed by atoms with van der Waals surface area (Å²) < 4.78 is 29.7. The Morgan fingerprint density at radius 1 is 1.20 bits per heavy atom. The number of carbonyl (C=O) groups is 1. The highest BCUT2D eigenvalue weighted by molar-refractivity contribution is 8.16. The standard InChI is InChI=1S/C20H18Cl2N2O4S2/c1-28-16-8-3-2-5-12(16)9-18(25)23-20-24(14-7-4-6-13(21)19(14)22)15-10-30(26,27)11-17(15)29-20/h2-8,15,17H,9-11H2,1H3/t15-,17-/m1/s1. The van der Waals surface area contributed by atoms with E-state index in [2.05, 4.69) is 4.99 Å². The molecule has 1 amide bonds. The maximum atomic E-state index is 12.8. The molecule has 2 aromatic carbocycles. The van der Waals surface area contributed by atoms with Crippen LogP contribution in [0.4, 0.5) is 5.69 Å². The number of sulfone groups is 1. The lowest BCUT2D eigenvalue weighted by Crippen LogP contribution is -2.38. The van der Waals surface area contributed by atoms with Gasteiger partial charge in [0, 0.05) is 10.8 Å². The van der Waals surface area contributed by atoms with Crippen molar-refractivity contribution in [2.24, 2.45) is 4.99 Å². The lowest BCUT2D eigenvalue weighted by Gasteiger charge is -2.25. The molecule has 0 unspecified atom stereocenters. The van der Waals surface area contributed by atoms with E-state index in [4.69, 9.17) is 27.9 Å². The van der Waals surface area contributed by atoms with Gasteiger partial charge in [-0.1, -0.05) is 59.2 Å². The molecule has 0 aliphatic carbocycles. The van der Waals surface area contributed by atoms with E-state index in [9.17, 15) is 13.2 Å². The van der Waals surface area contributed by atoms with Crippen molar-refractivity contribution in [3.8, 4) is 5.75 Å². The Bertz CT molecular complexity index is 1140. The first-order valence-electron chi connectivity index (χ1n) is 9.13. The number of fused-ring (bicyclic) bond motifs is 1. The van der Waals surface area contributed by atoms with E-state index in [1.165, 1.54) is 11.8 Å². The molecule has 2 aliphatic rings. The van der Waals surface area contributed by atoms with Gasteiger partial charge in [0.05, 0.1) is 46.8 Å². The zero-order valence-corrected chi connectivity index (χ0v) is 19.1. The molecule has 158 valence electrons. The number of thioether (sulfide) groups is 1. The number of rotatable bonds is 4. The van der Waals surface area contributed by atoms with Crippen molar-refractivity contribution in [1.82, 2.24) is 0 Å². The van der Waals surface area contributed by atoms with Gasteiger partial charge in [-0.3, -0.25) is 4.79 Å². The Balaban J connectivity index is 1.69. The largest absolute Gasteiger partial charge is 0.496 e. The number of anilines is 1. The first-order chi connectivity index (χ1) is 14.3. The molecule has 0 saturated carbocycles. The van der Waals surface area contributed by atoms with Crippen molar-refractivity contribution >= 4 is 61.6 Å². The summed E-state index contributed by atoms with van der Waals surface area (Å²) in [4.78, 5) is 18.8. The lowest BCUT2D eigenvalue weighted by molar-refractivity contribution is -0.117. The van der Waals surface area contributed by atoms with Crippen LogP contribution in [0.3, 0.4) is 0 Å². The molecular formula is C20H18Cl2N2O4S2. The number of methoxy groups -OCH3 is 1. The molecular weight excluding hydrogens is 467 g/mol. The highest BCUT2D eigenvalue weighted by Crippen LogP contribution is 2.44. The fourth-order valence-corrected chi connectivity index (χ4v) is 7.99. The van der Waals surface area contributed by atoms with E-state index in [1.54, 1.807) is 36.3 Å². The number of para-hydroxylation sites is 1. The van der Waals surface area contributed by atoms with Gasteiger partial charge in [0.2, 0.25) is 0 Å². The second-order valence-corrected chi connectivity index (χ2v) is 11.2. The van der Waals surface area contributed by atoms with E-state index in [0.717, 1.165) is 5.56 Å². The average Bonchev–Trinajstić information content (AvgIpc) is 3.15. The second kappa shape index (κ2) is 8.42. The minimum Gasteiger partial charge on any atom is -0.496 e. The third-order valence-electron chi connectivity index (χ3n) is 5.01. The van der Waals surface area contributed by atoms with Crippen LogP contribution in [0.5, 0.6) is 5.75 Å². The van der Waals surface area contributed by atoms with E-state index in [1.807, 2.05) is 18.2 Å². The highest BCUT2D eigenvalue weighted by atomic mass is 35.5. The quantitative estimate of drug-likeness (QED) is 0.655. The van der Waals surface area contributed by atoms with Crippen LogP contribution in [0.25, 0.3) is 0 Å². The Kier molecular flexibility index (Phi) is 6.03. The maximum Gasteiger partial charge on any atom is 0.252 e. The fourth-order valence-electron chi connectivity index (χ4n) is 3.68. The summed E-state index contributed by atoms with van der Waals surface area (Å²) in [5.74, 6) is 0.278. The molecule has 4 rings (SSSR count). The van der Waals surface area contributed by atoms with Gasteiger partial charge >= 0.3 is 0 Å². The molecule has 2 atom stereocenters. The topological polar surface area (TPSA) is 76.0 Å². The van der Waals surface area contributed by atoms with E-state index in [-0.39, 0.29) is 35.1 Å². The zero-order chi connectivity index (χ0) is 21.5. The summed E-state index contributed by atoms with van der Waals surface area (Å²) in [5.41, 5.74) is 1.28. The maximum absolute atomic E-state index is 12.8. The van der Waals surface area contributed by atoms with Gasteiger partial charge in [-0.25, -0.2) is 8.42 Å². The average molecular weight is 485 g/mol. The second-order valence-electron chi connectivity index (χ2n) is 7.02. The fraction of sp³-hybridized carbons (Fsp3) is 0.300. The molecule has 0 radical (unpaired) electrons. The summed E-state index contributed by atoms with van der Waals surface area (Å²) in [6.45, 7) is 0. The smallest absolute Gasteiger partial charge is 0.252 e. The van der Waals surface area contributed by atoms with Crippen molar-refractivity contribution in [2.75, 3.05) is 23.5 Å². The number of amides is 1. The van der Waals surface area contributed by atoms with E-state index in [0.29, 0.717) is 26.6 Å². The molecule has 0 N–H and O–H groups in total. The SMILES string of the molecule is COc1ccccc1CC(=O)N=C1S[C@@H]2CS(=O)(=O)C[C@H]2N1c1cccc(Cl)c1Cl. The Labute approximate surface area is 189 Å². The molecule has 2 aliphatic heterocycles. The summed E-state index contributed by atoms with van der Waals surface area (Å²) in [6, 6.07) is 12.0. The minimum atomic E-state index is -3.17.